The molecular weight excluding hydrogens is 381 g/mol. The van der Waals surface area contributed by atoms with E-state index in [-0.39, 0.29) is 38.5 Å². The Kier molecular flexibility index (Phi) is 6.69. The number of methoxy groups -OCH3 is 1. The highest BCUT2D eigenvalue weighted by Crippen LogP contribution is 2.19. The molecule has 2 aromatic rings. The predicted molar refractivity (Wildman–Crippen MR) is 97.8 cm³/mol. The van der Waals surface area contributed by atoms with Crippen LogP contribution in [0, 0.1) is 17.1 Å². The Morgan fingerprint density at radius 2 is 2.27 bits per heavy atom. The maximum Gasteiger partial charge on any atom is 0.269 e. The van der Waals surface area contributed by atoms with Crippen molar-refractivity contribution in [1.29, 1.82) is 5.26 Å². The Morgan fingerprint density at radius 3 is 2.85 bits per heavy atom. The van der Waals surface area contributed by atoms with Gasteiger partial charge in [0.15, 0.2) is 5.57 Å². The van der Waals surface area contributed by atoms with Crippen LogP contribution in [0.2, 0.25) is 5.02 Å². The number of carbonyl (C=O) groups excluding carboxylic acids is 1. The first-order valence-corrected chi connectivity index (χ1v) is 8.64. The minimum absolute atomic E-state index is 0.0661. The number of aromatic nitrogens is 1. The van der Waals surface area contributed by atoms with Crippen molar-refractivity contribution in [3.05, 3.63) is 54.2 Å². The predicted octanol–water partition coefficient (Wildman–Crippen LogP) is 0.598. The van der Waals surface area contributed by atoms with Gasteiger partial charge in [-0.3, -0.25) is 14.2 Å². The third-order valence-electron chi connectivity index (χ3n) is 3.48. The van der Waals surface area contributed by atoms with Gasteiger partial charge in [0.25, 0.3) is 11.5 Å². The summed E-state index contributed by atoms with van der Waals surface area (Å²) in [5.41, 5.74) is -0.598. The largest absolute Gasteiger partial charge is 0.383 e. The molecule has 0 aliphatic rings. The van der Waals surface area contributed by atoms with Crippen molar-refractivity contribution in [2.75, 3.05) is 20.8 Å². The topological polar surface area (TPSA) is 84.1 Å². The number of nitriles is 1. The minimum atomic E-state index is -0.615. The molecule has 2 rings (SSSR count). The first-order valence-electron chi connectivity index (χ1n) is 7.45. The Hall–Kier alpha value is -2.47. The van der Waals surface area contributed by atoms with E-state index in [0.29, 0.717) is 0 Å². The van der Waals surface area contributed by atoms with Gasteiger partial charge in [-0.05, 0) is 18.2 Å². The molecule has 0 atom stereocenters. The van der Waals surface area contributed by atoms with Crippen molar-refractivity contribution in [3.8, 4) is 6.07 Å². The molecule has 0 fully saturated rings. The molecule has 0 saturated carbocycles. The van der Waals surface area contributed by atoms with E-state index in [4.69, 9.17) is 16.3 Å². The molecule has 1 N–H and O–H groups in total. The number of benzene rings is 1. The smallest absolute Gasteiger partial charge is 0.269 e. The molecule has 9 heteroatoms. The second-order valence-corrected chi connectivity index (χ2v) is 6.50. The molecule has 136 valence electrons. The van der Waals surface area contributed by atoms with Gasteiger partial charge >= 0.3 is 0 Å². The van der Waals surface area contributed by atoms with Gasteiger partial charge < -0.3 is 10.1 Å². The van der Waals surface area contributed by atoms with Crippen LogP contribution in [0.25, 0.3) is 11.6 Å². The Balaban J connectivity index is 2.85. The Morgan fingerprint density at radius 1 is 1.54 bits per heavy atom. The Bertz CT molecular complexity index is 1030. The monoisotopic (exact) mass is 395 g/mol. The van der Waals surface area contributed by atoms with E-state index in [1.165, 1.54) is 43.0 Å². The first kappa shape index (κ1) is 19.8. The van der Waals surface area contributed by atoms with Crippen LogP contribution in [0.5, 0.6) is 0 Å². The van der Waals surface area contributed by atoms with Gasteiger partial charge in [0.1, 0.15) is 16.5 Å². The molecule has 0 unspecified atom stereocenters. The Labute approximate surface area is 157 Å². The third kappa shape index (κ3) is 4.02. The summed E-state index contributed by atoms with van der Waals surface area (Å²) in [4.78, 5) is 24.7. The van der Waals surface area contributed by atoms with Crippen LogP contribution in [-0.4, -0.2) is 31.2 Å². The molecule has 1 aromatic carbocycles. The van der Waals surface area contributed by atoms with Crippen molar-refractivity contribution in [3.63, 3.8) is 0 Å². The molecule has 1 heterocycles. The molecule has 1 aromatic heterocycles. The number of carbonyl (C=O) groups is 1. The molecule has 0 aliphatic carbocycles. The fourth-order valence-electron chi connectivity index (χ4n) is 2.19. The summed E-state index contributed by atoms with van der Waals surface area (Å²) in [6.07, 6.45) is 1.32. The second-order valence-electron chi connectivity index (χ2n) is 5.07. The lowest BCUT2D eigenvalue weighted by Gasteiger charge is -2.02. The molecule has 26 heavy (non-hydrogen) atoms. The number of hydrogen-bond donors (Lipinski definition) is 1. The molecule has 0 bridgehead atoms. The SMILES string of the molecule is CNC(=O)C(C#N)=c1sc(=Cc2c(F)cccc2Cl)c(=O)n1CCOC. The van der Waals surface area contributed by atoms with Crippen molar-refractivity contribution >= 4 is 40.5 Å². The van der Waals surface area contributed by atoms with E-state index in [1.807, 2.05) is 6.07 Å². The van der Waals surface area contributed by atoms with E-state index in [9.17, 15) is 19.2 Å². The van der Waals surface area contributed by atoms with Gasteiger partial charge in [-0.25, -0.2) is 4.39 Å². The van der Waals surface area contributed by atoms with Crippen LogP contribution >= 0.6 is 22.9 Å². The van der Waals surface area contributed by atoms with Gasteiger partial charge in [-0.15, -0.1) is 11.3 Å². The van der Waals surface area contributed by atoms with Crippen LogP contribution in [-0.2, 0) is 16.1 Å². The highest BCUT2D eigenvalue weighted by atomic mass is 35.5. The second kappa shape index (κ2) is 8.76. The van der Waals surface area contributed by atoms with Gasteiger partial charge in [0.05, 0.1) is 22.7 Å². The van der Waals surface area contributed by atoms with Crippen molar-refractivity contribution in [1.82, 2.24) is 9.88 Å². The highest BCUT2D eigenvalue weighted by molar-refractivity contribution is 7.07. The third-order valence-corrected chi connectivity index (χ3v) is 4.94. The molecule has 0 saturated heterocycles. The number of rotatable bonds is 5. The maximum atomic E-state index is 14.0. The maximum absolute atomic E-state index is 14.0. The summed E-state index contributed by atoms with van der Waals surface area (Å²) >= 11 is 6.93. The normalized spacial score (nSPS) is 12.7. The van der Waals surface area contributed by atoms with E-state index in [0.717, 1.165) is 11.3 Å². The van der Waals surface area contributed by atoms with E-state index in [1.54, 1.807) is 0 Å². The molecule has 0 aliphatic heterocycles. The number of hydrogen-bond acceptors (Lipinski definition) is 5. The number of amides is 1. The zero-order chi connectivity index (χ0) is 19.3. The summed E-state index contributed by atoms with van der Waals surface area (Å²) in [5, 5.41) is 11.8. The van der Waals surface area contributed by atoms with E-state index < -0.39 is 17.3 Å². The van der Waals surface area contributed by atoms with Crippen LogP contribution in [0.1, 0.15) is 5.56 Å². The molecule has 0 radical (unpaired) electrons. The van der Waals surface area contributed by atoms with Gasteiger partial charge in [-0.1, -0.05) is 17.7 Å². The summed E-state index contributed by atoms with van der Waals surface area (Å²) < 4.78 is 20.6. The van der Waals surface area contributed by atoms with Gasteiger partial charge in [-0.2, -0.15) is 5.26 Å². The zero-order valence-corrected chi connectivity index (χ0v) is 15.6. The average molecular weight is 396 g/mol. The van der Waals surface area contributed by atoms with Crippen LogP contribution in [0.15, 0.2) is 23.0 Å². The summed E-state index contributed by atoms with van der Waals surface area (Å²) in [7, 11) is 2.86. The lowest BCUT2D eigenvalue weighted by molar-refractivity contribution is -0.115. The summed E-state index contributed by atoms with van der Waals surface area (Å²) in [6, 6.07) is 6.01. The summed E-state index contributed by atoms with van der Waals surface area (Å²) in [5.74, 6) is -1.19. The highest BCUT2D eigenvalue weighted by Gasteiger charge is 2.15. The van der Waals surface area contributed by atoms with Crippen molar-refractivity contribution in [2.24, 2.45) is 0 Å². The van der Waals surface area contributed by atoms with Crippen molar-refractivity contribution < 1.29 is 13.9 Å². The van der Waals surface area contributed by atoms with Crippen molar-refractivity contribution in [2.45, 2.75) is 6.54 Å². The summed E-state index contributed by atoms with van der Waals surface area (Å²) in [6.45, 7) is 0.345. The molecule has 6 nitrogen and oxygen atoms in total. The van der Waals surface area contributed by atoms with E-state index >= 15 is 0 Å². The standard InChI is InChI=1S/C17H15ClFN3O3S/c1-21-15(23)11(9-20)17-22(6-7-25-2)16(24)14(26-17)8-10-12(18)4-3-5-13(10)19/h3-5,8H,6-7H2,1-2H3,(H,21,23). The number of halogens is 2. The zero-order valence-electron chi connectivity index (χ0n) is 14.0. The lowest BCUT2D eigenvalue weighted by Crippen LogP contribution is -2.35. The quantitative estimate of drug-likeness (QED) is 0.803. The van der Waals surface area contributed by atoms with E-state index in [2.05, 4.69) is 5.32 Å². The number of ether oxygens (including phenoxy) is 1. The van der Waals surface area contributed by atoms with Gasteiger partial charge in [0.2, 0.25) is 0 Å². The van der Waals surface area contributed by atoms with Crippen LogP contribution in [0.3, 0.4) is 0 Å². The molecule has 0 spiro atoms. The minimum Gasteiger partial charge on any atom is -0.383 e. The number of thiazole rings is 1. The molecular formula is C17H15ClFN3O3S. The molecule has 1 amide bonds. The fourth-order valence-corrected chi connectivity index (χ4v) is 3.52. The van der Waals surface area contributed by atoms with Gasteiger partial charge in [0, 0.05) is 19.7 Å². The number of nitrogens with zero attached hydrogens (tertiary/aromatic N) is 2. The average Bonchev–Trinajstić information content (AvgIpc) is 2.92. The fraction of sp³-hybridized carbons (Fsp3) is 0.235. The van der Waals surface area contributed by atoms with Crippen LogP contribution < -0.4 is 20.1 Å². The lowest BCUT2D eigenvalue weighted by atomic mass is 10.2. The first-order chi connectivity index (χ1) is 12.4. The number of nitrogens with one attached hydrogen (secondary N) is 1. The van der Waals surface area contributed by atoms with Crippen LogP contribution in [0.4, 0.5) is 4.39 Å².